The van der Waals surface area contributed by atoms with Gasteiger partial charge < -0.3 is 20.1 Å². The quantitative estimate of drug-likeness (QED) is 0.790. The first-order chi connectivity index (χ1) is 10.6. The summed E-state index contributed by atoms with van der Waals surface area (Å²) in [7, 11) is 1.57. The zero-order chi connectivity index (χ0) is 15.9. The number of rotatable bonds is 5. The van der Waals surface area contributed by atoms with Crippen LogP contribution in [0.3, 0.4) is 0 Å². The van der Waals surface area contributed by atoms with Gasteiger partial charge in [0.05, 0.1) is 7.11 Å². The number of hydrogen-bond donors (Lipinski definition) is 2. The lowest BCUT2D eigenvalue weighted by atomic mass is 10.2. The van der Waals surface area contributed by atoms with Crippen molar-refractivity contribution in [2.45, 2.75) is 6.92 Å². The number of nitrogens with one attached hydrogen (secondary N) is 2. The molecule has 22 heavy (non-hydrogen) atoms. The molecule has 2 N–H and O–H groups in total. The molecule has 2 aromatic rings. The molecule has 2 aromatic carbocycles. The van der Waals surface area contributed by atoms with Gasteiger partial charge in [0.2, 0.25) is 0 Å². The maximum absolute atomic E-state index is 11.8. The fraction of sp³-hybridized carbons (Fsp3) is 0.188. The lowest BCUT2D eigenvalue weighted by Gasteiger charge is -2.12. The van der Waals surface area contributed by atoms with Crippen LogP contribution in [-0.4, -0.2) is 19.9 Å². The van der Waals surface area contributed by atoms with Gasteiger partial charge in [-0.1, -0.05) is 28.1 Å². The van der Waals surface area contributed by atoms with Crippen LogP contribution in [0, 0.1) is 6.92 Å². The predicted octanol–water partition coefficient (Wildman–Crippen LogP) is 3.92. The fourth-order valence-electron chi connectivity index (χ4n) is 1.82. The van der Waals surface area contributed by atoms with E-state index in [0.717, 1.165) is 15.7 Å². The Kier molecular flexibility index (Phi) is 5.66. The van der Waals surface area contributed by atoms with E-state index in [9.17, 15) is 4.79 Å². The maximum atomic E-state index is 11.8. The van der Waals surface area contributed by atoms with Crippen LogP contribution in [-0.2, 0) is 0 Å². The first-order valence-electron chi connectivity index (χ1n) is 6.67. The van der Waals surface area contributed by atoms with Gasteiger partial charge in [-0.15, -0.1) is 0 Å². The molecule has 0 aromatic heterocycles. The van der Waals surface area contributed by atoms with Crippen LogP contribution in [0.1, 0.15) is 5.56 Å². The molecule has 0 fully saturated rings. The van der Waals surface area contributed by atoms with E-state index in [2.05, 4.69) is 26.6 Å². The highest BCUT2D eigenvalue weighted by molar-refractivity contribution is 9.10. The normalized spacial score (nSPS) is 9.95. The second-order valence-electron chi connectivity index (χ2n) is 4.53. The fourth-order valence-corrected chi connectivity index (χ4v) is 2.06. The molecule has 0 aliphatic heterocycles. The van der Waals surface area contributed by atoms with Crippen LogP contribution >= 0.6 is 15.9 Å². The molecule has 6 heteroatoms. The molecule has 0 spiro atoms. The summed E-state index contributed by atoms with van der Waals surface area (Å²) < 4.78 is 11.6. The van der Waals surface area contributed by atoms with E-state index < -0.39 is 0 Å². The van der Waals surface area contributed by atoms with Crippen LogP contribution in [0.15, 0.2) is 46.9 Å². The van der Waals surface area contributed by atoms with Gasteiger partial charge >= 0.3 is 6.03 Å². The molecular formula is C16H17BrN2O3. The summed E-state index contributed by atoms with van der Waals surface area (Å²) in [4.78, 5) is 11.8. The van der Waals surface area contributed by atoms with Gasteiger partial charge in [0.1, 0.15) is 0 Å². The third-order valence-corrected chi connectivity index (χ3v) is 3.84. The molecule has 0 heterocycles. The number of anilines is 1. The van der Waals surface area contributed by atoms with Crippen LogP contribution < -0.4 is 20.1 Å². The number of methoxy groups -OCH3 is 1. The van der Waals surface area contributed by atoms with Crippen LogP contribution in [0.4, 0.5) is 10.5 Å². The molecular weight excluding hydrogens is 348 g/mol. The molecule has 0 saturated heterocycles. The van der Waals surface area contributed by atoms with Gasteiger partial charge in [-0.2, -0.15) is 0 Å². The Bertz CT molecular complexity index is 662. The Morgan fingerprint density at radius 3 is 2.59 bits per heavy atom. The monoisotopic (exact) mass is 364 g/mol. The van der Waals surface area contributed by atoms with Crippen molar-refractivity contribution in [2.24, 2.45) is 0 Å². The number of aryl methyl sites for hydroxylation is 1. The van der Waals surface area contributed by atoms with E-state index in [1.165, 1.54) is 0 Å². The molecule has 116 valence electrons. The minimum Gasteiger partial charge on any atom is -0.493 e. The van der Waals surface area contributed by atoms with E-state index in [4.69, 9.17) is 9.47 Å². The number of carbonyl (C=O) groups is 1. The topological polar surface area (TPSA) is 59.6 Å². The smallest absolute Gasteiger partial charge is 0.321 e. The summed E-state index contributed by atoms with van der Waals surface area (Å²) in [5, 5.41) is 5.37. The summed E-state index contributed by atoms with van der Waals surface area (Å²) in [6, 6.07) is 12.5. The Morgan fingerprint density at radius 2 is 1.91 bits per heavy atom. The number of ether oxygens (including phenoxy) is 2. The molecule has 0 saturated carbocycles. The first-order valence-corrected chi connectivity index (χ1v) is 7.46. The minimum atomic E-state index is -0.336. The third kappa shape index (κ3) is 4.39. The van der Waals surface area contributed by atoms with Crippen molar-refractivity contribution in [3.63, 3.8) is 0 Å². The summed E-state index contributed by atoms with van der Waals surface area (Å²) in [5.74, 6) is 1.19. The highest BCUT2D eigenvalue weighted by Gasteiger charge is 2.05. The first kappa shape index (κ1) is 16.2. The second-order valence-corrected chi connectivity index (χ2v) is 5.39. The average Bonchev–Trinajstić information content (AvgIpc) is 2.51. The van der Waals surface area contributed by atoms with Crippen molar-refractivity contribution in [3.05, 3.63) is 52.5 Å². The highest BCUT2D eigenvalue weighted by atomic mass is 79.9. The van der Waals surface area contributed by atoms with Gasteiger partial charge in [0, 0.05) is 10.2 Å². The van der Waals surface area contributed by atoms with Crippen molar-refractivity contribution in [1.82, 2.24) is 5.32 Å². The van der Waals surface area contributed by atoms with Crippen molar-refractivity contribution >= 4 is 27.6 Å². The van der Waals surface area contributed by atoms with Gasteiger partial charge in [0.15, 0.2) is 18.2 Å². The van der Waals surface area contributed by atoms with Gasteiger partial charge in [-0.3, -0.25) is 0 Å². The number of urea groups is 1. The molecule has 2 amide bonds. The highest BCUT2D eigenvalue weighted by Crippen LogP contribution is 2.25. The Hall–Kier alpha value is -2.21. The Morgan fingerprint density at radius 1 is 1.18 bits per heavy atom. The molecule has 0 aliphatic carbocycles. The molecule has 0 unspecified atom stereocenters. The van der Waals surface area contributed by atoms with Crippen LogP contribution in [0.2, 0.25) is 0 Å². The maximum Gasteiger partial charge on any atom is 0.321 e. The lowest BCUT2D eigenvalue weighted by Crippen LogP contribution is -2.32. The number of amides is 2. The summed E-state index contributed by atoms with van der Waals surface area (Å²) in [5.41, 5.74) is 1.76. The minimum absolute atomic E-state index is 0.0434. The number of para-hydroxylation sites is 2. The van der Waals surface area contributed by atoms with E-state index in [1.807, 2.05) is 37.3 Å². The van der Waals surface area contributed by atoms with Crippen molar-refractivity contribution < 1.29 is 14.3 Å². The molecule has 5 nitrogen and oxygen atoms in total. The Balaban J connectivity index is 1.84. The van der Waals surface area contributed by atoms with Crippen LogP contribution in [0.25, 0.3) is 0 Å². The van der Waals surface area contributed by atoms with E-state index in [1.54, 1.807) is 19.2 Å². The van der Waals surface area contributed by atoms with Crippen molar-refractivity contribution in [2.75, 3.05) is 19.2 Å². The summed E-state index contributed by atoms with van der Waals surface area (Å²) >= 11 is 3.42. The third-order valence-electron chi connectivity index (χ3n) is 2.95. The van der Waals surface area contributed by atoms with Crippen molar-refractivity contribution in [3.8, 4) is 11.5 Å². The molecule has 2 rings (SSSR count). The molecule has 0 bridgehead atoms. The standard InChI is InChI=1S/C16H17BrN2O3/c1-11-9-12(7-8-13(11)17)19-16(20)18-10-22-15-6-4-3-5-14(15)21-2/h3-9H,10H2,1-2H3,(H2,18,19,20). The van der Waals surface area contributed by atoms with E-state index in [-0.39, 0.29) is 12.8 Å². The van der Waals surface area contributed by atoms with Gasteiger partial charge in [-0.05, 0) is 42.8 Å². The van der Waals surface area contributed by atoms with Crippen molar-refractivity contribution in [1.29, 1.82) is 0 Å². The predicted molar refractivity (Wildman–Crippen MR) is 89.5 cm³/mol. The molecule has 0 atom stereocenters. The average molecular weight is 365 g/mol. The molecule has 0 radical (unpaired) electrons. The van der Waals surface area contributed by atoms with E-state index in [0.29, 0.717) is 11.5 Å². The SMILES string of the molecule is COc1ccccc1OCNC(=O)Nc1ccc(Br)c(C)c1. The number of halogens is 1. The summed E-state index contributed by atoms with van der Waals surface area (Å²) in [6.07, 6.45) is 0. The second kappa shape index (κ2) is 7.70. The van der Waals surface area contributed by atoms with Crippen LogP contribution in [0.5, 0.6) is 11.5 Å². The Labute approximate surface area is 137 Å². The largest absolute Gasteiger partial charge is 0.493 e. The van der Waals surface area contributed by atoms with Gasteiger partial charge in [0.25, 0.3) is 0 Å². The number of carbonyl (C=O) groups excluding carboxylic acids is 1. The van der Waals surface area contributed by atoms with Gasteiger partial charge in [-0.25, -0.2) is 4.79 Å². The lowest BCUT2D eigenvalue weighted by molar-refractivity contribution is 0.231. The summed E-state index contributed by atoms with van der Waals surface area (Å²) in [6.45, 7) is 2.00. The number of hydrogen-bond acceptors (Lipinski definition) is 3. The molecule has 0 aliphatic rings. The zero-order valence-corrected chi connectivity index (χ0v) is 13.9. The van der Waals surface area contributed by atoms with E-state index >= 15 is 0 Å². The number of benzene rings is 2. The zero-order valence-electron chi connectivity index (χ0n) is 12.4.